The Morgan fingerprint density at radius 1 is 1.00 bits per heavy atom. The van der Waals surface area contributed by atoms with Crippen LogP contribution in [-0.4, -0.2) is 30.1 Å². The topological polar surface area (TPSA) is 77.1 Å². The molecule has 5 rings (SSSR count). The molecule has 1 N–H and O–H groups in total. The fraction of sp³-hybridized carbons (Fsp3) is 0.231. The smallest absolute Gasteiger partial charge is 0.224 e. The van der Waals surface area contributed by atoms with Gasteiger partial charge in [0.15, 0.2) is 5.65 Å². The maximum atomic E-state index is 12.6. The van der Waals surface area contributed by atoms with Gasteiger partial charge in [0.25, 0.3) is 0 Å². The Balaban J connectivity index is 1.28. The Morgan fingerprint density at radius 3 is 2.52 bits per heavy atom. The quantitative estimate of drug-likeness (QED) is 0.428. The molecule has 0 aliphatic rings. The zero-order valence-electron chi connectivity index (χ0n) is 19.3. The van der Waals surface area contributed by atoms with Crippen molar-refractivity contribution in [2.45, 2.75) is 33.6 Å². The third kappa shape index (κ3) is 3.86. The molecule has 0 bridgehead atoms. The van der Waals surface area contributed by atoms with Crippen LogP contribution in [0.4, 0.5) is 5.69 Å². The summed E-state index contributed by atoms with van der Waals surface area (Å²) in [6.07, 6.45) is 0.991. The first-order chi connectivity index (χ1) is 15.9. The number of aromatic nitrogens is 5. The Bertz CT molecular complexity index is 1490. The van der Waals surface area contributed by atoms with Gasteiger partial charge in [-0.3, -0.25) is 4.79 Å². The standard InChI is InChI=1S/C26H26N6O/c1-16-15-24-27-17(2)21(18(3)32(24)30-16)13-14-25(33)28-20-11-9-19(10-12-20)26-29-22-7-5-6-8-23(22)31(26)4/h5-12,15H,13-14H2,1-4H3,(H,28,33). The number of nitrogens with zero attached hydrogens (tertiary/aromatic N) is 5. The van der Waals surface area contributed by atoms with Crippen LogP contribution < -0.4 is 5.32 Å². The molecule has 166 valence electrons. The zero-order chi connectivity index (χ0) is 23.1. The molecule has 0 spiro atoms. The van der Waals surface area contributed by atoms with Crippen molar-refractivity contribution in [1.82, 2.24) is 24.1 Å². The minimum atomic E-state index is -0.0268. The highest BCUT2D eigenvalue weighted by Crippen LogP contribution is 2.25. The van der Waals surface area contributed by atoms with E-state index in [2.05, 4.69) is 26.0 Å². The molecule has 7 heteroatoms. The number of carbonyl (C=O) groups is 1. The number of carbonyl (C=O) groups excluding carboxylic acids is 1. The summed E-state index contributed by atoms with van der Waals surface area (Å²) in [5, 5.41) is 7.51. The highest BCUT2D eigenvalue weighted by Gasteiger charge is 2.14. The lowest BCUT2D eigenvalue weighted by Crippen LogP contribution is -2.14. The van der Waals surface area contributed by atoms with Crippen LogP contribution in [-0.2, 0) is 18.3 Å². The van der Waals surface area contributed by atoms with Crippen LogP contribution in [0.2, 0.25) is 0 Å². The molecule has 0 radical (unpaired) electrons. The highest BCUT2D eigenvalue weighted by molar-refractivity contribution is 5.91. The van der Waals surface area contributed by atoms with Crippen molar-refractivity contribution in [3.05, 3.63) is 77.2 Å². The van der Waals surface area contributed by atoms with E-state index < -0.39 is 0 Å². The van der Waals surface area contributed by atoms with E-state index in [0.29, 0.717) is 12.8 Å². The van der Waals surface area contributed by atoms with Gasteiger partial charge in [0, 0.05) is 42.2 Å². The number of hydrogen-bond donors (Lipinski definition) is 1. The average Bonchev–Trinajstić information content (AvgIpc) is 3.34. The molecule has 0 fully saturated rings. The third-order valence-corrected chi connectivity index (χ3v) is 6.10. The van der Waals surface area contributed by atoms with Crippen molar-refractivity contribution < 1.29 is 4.79 Å². The molecule has 1 amide bonds. The zero-order valence-corrected chi connectivity index (χ0v) is 19.3. The van der Waals surface area contributed by atoms with Gasteiger partial charge < -0.3 is 9.88 Å². The summed E-state index contributed by atoms with van der Waals surface area (Å²) in [4.78, 5) is 22.0. The number of fused-ring (bicyclic) bond motifs is 2. The van der Waals surface area contributed by atoms with Crippen LogP contribution in [0.5, 0.6) is 0 Å². The summed E-state index contributed by atoms with van der Waals surface area (Å²) in [5.74, 6) is 0.873. The minimum Gasteiger partial charge on any atom is -0.327 e. The number of amides is 1. The normalized spacial score (nSPS) is 11.4. The first-order valence-electron chi connectivity index (χ1n) is 11.0. The van der Waals surface area contributed by atoms with Crippen LogP contribution in [0.1, 0.15) is 29.1 Å². The van der Waals surface area contributed by atoms with Gasteiger partial charge in [-0.15, -0.1) is 0 Å². The van der Waals surface area contributed by atoms with Crippen molar-refractivity contribution in [1.29, 1.82) is 0 Å². The Kier molecular flexibility index (Phi) is 5.17. The first-order valence-corrected chi connectivity index (χ1v) is 11.0. The molecule has 0 unspecified atom stereocenters. The summed E-state index contributed by atoms with van der Waals surface area (Å²) >= 11 is 0. The van der Waals surface area contributed by atoms with Gasteiger partial charge in [-0.1, -0.05) is 12.1 Å². The van der Waals surface area contributed by atoms with Crippen molar-refractivity contribution in [3.8, 4) is 11.4 Å². The van der Waals surface area contributed by atoms with Gasteiger partial charge in [0.1, 0.15) is 5.82 Å². The Labute approximate surface area is 192 Å². The highest BCUT2D eigenvalue weighted by atomic mass is 16.1. The monoisotopic (exact) mass is 438 g/mol. The van der Waals surface area contributed by atoms with E-state index >= 15 is 0 Å². The van der Waals surface area contributed by atoms with Crippen molar-refractivity contribution in [3.63, 3.8) is 0 Å². The predicted octanol–water partition coefficient (Wildman–Crippen LogP) is 4.78. The lowest BCUT2D eigenvalue weighted by Gasteiger charge is -2.11. The molecule has 7 nitrogen and oxygen atoms in total. The van der Waals surface area contributed by atoms with Gasteiger partial charge in [-0.25, -0.2) is 14.5 Å². The molecule has 3 aromatic heterocycles. The van der Waals surface area contributed by atoms with Gasteiger partial charge >= 0.3 is 0 Å². The van der Waals surface area contributed by atoms with Gasteiger partial charge in [0.2, 0.25) is 5.91 Å². The number of imidazole rings is 1. The largest absolute Gasteiger partial charge is 0.327 e. The fourth-order valence-corrected chi connectivity index (χ4v) is 4.37. The number of anilines is 1. The molecule has 0 saturated carbocycles. The molecule has 0 saturated heterocycles. The maximum absolute atomic E-state index is 12.6. The molecule has 3 heterocycles. The summed E-state index contributed by atoms with van der Waals surface area (Å²) in [6, 6.07) is 17.9. The number of benzene rings is 2. The van der Waals surface area contributed by atoms with E-state index in [1.807, 2.05) is 80.9 Å². The average molecular weight is 439 g/mol. The molecule has 2 aromatic carbocycles. The summed E-state index contributed by atoms with van der Waals surface area (Å²) in [7, 11) is 2.01. The Hall–Kier alpha value is -4.00. The fourth-order valence-electron chi connectivity index (χ4n) is 4.37. The molecule has 0 aliphatic carbocycles. The summed E-state index contributed by atoms with van der Waals surface area (Å²) < 4.78 is 3.94. The number of rotatable bonds is 5. The molecule has 33 heavy (non-hydrogen) atoms. The van der Waals surface area contributed by atoms with E-state index in [9.17, 15) is 4.79 Å². The maximum Gasteiger partial charge on any atom is 0.224 e. The van der Waals surface area contributed by atoms with E-state index in [1.54, 1.807) is 0 Å². The third-order valence-electron chi connectivity index (χ3n) is 6.10. The lowest BCUT2D eigenvalue weighted by atomic mass is 10.1. The SMILES string of the molecule is Cc1cc2nc(C)c(CCC(=O)Nc3ccc(-c4nc5ccccc5n4C)cc3)c(C)n2n1. The van der Waals surface area contributed by atoms with Crippen LogP contribution in [0, 0.1) is 20.8 Å². The second-order valence-corrected chi connectivity index (χ2v) is 8.43. The van der Waals surface area contributed by atoms with E-state index in [-0.39, 0.29) is 5.91 Å². The second kappa shape index (κ2) is 8.16. The molecular formula is C26H26N6O. The summed E-state index contributed by atoms with van der Waals surface area (Å²) in [5.41, 5.74) is 8.66. The van der Waals surface area contributed by atoms with Crippen LogP contribution in [0.15, 0.2) is 54.6 Å². The van der Waals surface area contributed by atoms with E-state index in [1.165, 1.54) is 0 Å². The number of para-hydroxylation sites is 2. The lowest BCUT2D eigenvalue weighted by molar-refractivity contribution is -0.116. The van der Waals surface area contributed by atoms with Gasteiger partial charge in [-0.2, -0.15) is 5.10 Å². The number of hydrogen-bond acceptors (Lipinski definition) is 4. The van der Waals surface area contributed by atoms with Gasteiger partial charge in [-0.05, 0) is 69.2 Å². The van der Waals surface area contributed by atoms with Crippen LogP contribution in [0.25, 0.3) is 28.1 Å². The van der Waals surface area contributed by atoms with Gasteiger partial charge in [0.05, 0.1) is 16.7 Å². The van der Waals surface area contributed by atoms with Crippen molar-refractivity contribution in [2.75, 3.05) is 5.32 Å². The Morgan fingerprint density at radius 2 is 1.76 bits per heavy atom. The molecule has 5 aromatic rings. The van der Waals surface area contributed by atoms with E-state index in [0.717, 1.165) is 56.4 Å². The first kappa shape index (κ1) is 20.9. The summed E-state index contributed by atoms with van der Waals surface area (Å²) in [6.45, 7) is 5.97. The molecule has 0 aliphatic heterocycles. The predicted molar refractivity (Wildman–Crippen MR) is 130 cm³/mol. The van der Waals surface area contributed by atoms with Crippen LogP contribution >= 0.6 is 0 Å². The molecule has 0 atom stereocenters. The van der Waals surface area contributed by atoms with E-state index in [4.69, 9.17) is 4.98 Å². The second-order valence-electron chi connectivity index (χ2n) is 8.43. The minimum absolute atomic E-state index is 0.0268. The van der Waals surface area contributed by atoms with Crippen LogP contribution in [0.3, 0.4) is 0 Å². The number of nitrogens with one attached hydrogen (secondary N) is 1. The number of aryl methyl sites for hydroxylation is 4. The van der Waals surface area contributed by atoms with Crippen molar-refractivity contribution in [2.24, 2.45) is 7.05 Å². The molecular weight excluding hydrogens is 412 g/mol. The van der Waals surface area contributed by atoms with Crippen molar-refractivity contribution >= 4 is 28.3 Å².